The van der Waals surface area contributed by atoms with Crippen LogP contribution in [0.1, 0.15) is 1.43 Å². The van der Waals surface area contributed by atoms with Crippen LogP contribution in [0.5, 0.6) is 0 Å². The third kappa shape index (κ3) is 8.93. The summed E-state index contributed by atoms with van der Waals surface area (Å²) in [4.78, 5) is 9.04. The Morgan fingerprint density at radius 1 is 2.00 bits per heavy atom. The minimum atomic E-state index is -0.571. The van der Waals surface area contributed by atoms with Crippen LogP contribution in [0.4, 0.5) is 0 Å². The fourth-order valence-corrected chi connectivity index (χ4v) is 0.259. The van der Waals surface area contributed by atoms with Gasteiger partial charge in [-0.15, -0.1) is 12.6 Å². The van der Waals surface area contributed by atoms with Crippen LogP contribution in [0, 0.1) is 10.1 Å². The second-order valence-electron chi connectivity index (χ2n) is 1.05. The van der Waals surface area contributed by atoms with Gasteiger partial charge in [0.05, 0.1) is 4.92 Å². The van der Waals surface area contributed by atoms with Gasteiger partial charge in [0, 0.05) is 7.05 Å². The molecule has 0 bridgehead atoms. The van der Waals surface area contributed by atoms with E-state index in [0.29, 0.717) is 0 Å². The smallest absolute Gasteiger partial charge is 1.00 e. The second kappa shape index (κ2) is 7.04. The molecule has 0 aliphatic heterocycles. The van der Waals surface area contributed by atoms with E-state index in [1.165, 1.54) is 0 Å². The molecule has 0 amide bonds. The van der Waals surface area contributed by atoms with Gasteiger partial charge in [-0.05, 0) is 0 Å². The van der Waals surface area contributed by atoms with Crippen molar-refractivity contribution in [2.75, 3.05) is 7.05 Å². The summed E-state index contributed by atoms with van der Waals surface area (Å²) in [5.74, 6) is 0. The van der Waals surface area contributed by atoms with Crippen LogP contribution in [0.3, 0.4) is 0 Å². The molecule has 0 atom stereocenters. The van der Waals surface area contributed by atoms with Gasteiger partial charge in [0.2, 0.25) is 0 Å². The predicted octanol–water partition coefficient (Wildman–Crippen LogP) is -2.67. The zero-order valence-corrected chi connectivity index (χ0v) is 9.31. The van der Waals surface area contributed by atoms with Gasteiger partial charge >= 0.3 is 51.4 Å². The molecule has 0 fully saturated rings. The standard InChI is InChI=1S/C3H6N2O2S.K.H/c1-4-3(8)2-5(6)7;;/h2,4,8H,1H3;;/q;+1;-1. The van der Waals surface area contributed by atoms with Crippen LogP contribution in [-0.2, 0) is 0 Å². The maximum Gasteiger partial charge on any atom is 1.00 e. The first-order valence-electron chi connectivity index (χ1n) is 1.89. The number of nitrogens with zero attached hydrogens (tertiary/aromatic N) is 1. The molecule has 1 N–H and O–H groups in total. The molecule has 0 heterocycles. The van der Waals surface area contributed by atoms with Crippen molar-refractivity contribution in [3.05, 3.63) is 21.3 Å². The Bertz CT molecular complexity index is 132. The van der Waals surface area contributed by atoms with Crippen molar-refractivity contribution in [3.8, 4) is 0 Å². The normalized spacial score (nSPS) is 9.78. The Labute approximate surface area is 103 Å². The van der Waals surface area contributed by atoms with E-state index in [4.69, 9.17) is 0 Å². The van der Waals surface area contributed by atoms with Gasteiger partial charge in [-0.25, -0.2) is 0 Å². The van der Waals surface area contributed by atoms with Crippen molar-refractivity contribution in [3.63, 3.8) is 0 Å². The van der Waals surface area contributed by atoms with Crippen LogP contribution < -0.4 is 56.7 Å². The molecule has 0 aromatic heterocycles. The maximum absolute atomic E-state index is 9.61. The largest absolute Gasteiger partial charge is 1.00 e. The third-order valence-corrected chi connectivity index (χ3v) is 0.823. The Balaban J connectivity index is -0.000000245. The number of rotatable bonds is 2. The number of hydrogen-bond donors (Lipinski definition) is 2. The van der Waals surface area contributed by atoms with Gasteiger partial charge in [0.15, 0.2) is 0 Å². The van der Waals surface area contributed by atoms with Crippen LogP contribution in [0.15, 0.2) is 11.2 Å². The summed E-state index contributed by atoms with van der Waals surface area (Å²) < 4.78 is 0. The molecular weight excluding hydrogens is 167 g/mol. The van der Waals surface area contributed by atoms with Gasteiger partial charge in [0.25, 0.3) is 6.20 Å². The van der Waals surface area contributed by atoms with E-state index in [2.05, 4.69) is 17.9 Å². The zero-order valence-electron chi connectivity index (χ0n) is 6.29. The molecule has 0 rings (SSSR count). The van der Waals surface area contributed by atoms with E-state index < -0.39 is 4.92 Å². The monoisotopic (exact) mass is 174 g/mol. The Hall–Kier alpha value is 0.926. The summed E-state index contributed by atoms with van der Waals surface area (Å²) >= 11 is 3.68. The van der Waals surface area contributed by atoms with Crippen molar-refractivity contribution in [1.82, 2.24) is 5.32 Å². The summed E-state index contributed by atoms with van der Waals surface area (Å²) in [6, 6.07) is 0. The molecule has 6 heteroatoms. The molecular formula is C3H7KN2O2S. The number of nitro groups is 1. The maximum atomic E-state index is 9.61. The van der Waals surface area contributed by atoms with Gasteiger partial charge in [0.1, 0.15) is 5.03 Å². The fourth-order valence-electron chi connectivity index (χ4n) is 0.164. The molecule has 4 nitrogen and oxygen atoms in total. The molecule has 0 saturated carbocycles. The van der Waals surface area contributed by atoms with Gasteiger partial charge in [-0.3, -0.25) is 10.1 Å². The van der Waals surface area contributed by atoms with Crippen molar-refractivity contribution in [2.24, 2.45) is 0 Å². The van der Waals surface area contributed by atoms with Crippen LogP contribution in [-0.4, -0.2) is 12.0 Å². The molecule has 0 saturated heterocycles. The molecule has 0 aromatic carbocycles. The first-order chi connectivity index (χ1) is 3.66. The van der Waals surface area contributed by atoms with E-state index in [9.17, 15) is 10.1 Å². The summed E-state index contributed by atoms with van der Waals surface area (Å²) in [5, 5.41) is 12.3. The Kier molecular flexibility index (Phi) is 9.85. The summed E-state index contributed by atoms with van der Waals surface area (Å²) in [5.41, 5.74) is 0. The van der Waals surface area contributed by atoms with Gasteiger partial charge in [-0.1, -0.05) is 0 Å². The van der Waals surface area contributed by atoms with Gasteiger partial charge in [-0.2, -0.15) is 0 Å². The SMILES string of the molecule is CNC(S)=C[N+](=O)[O-].[H-].[K+]. The van der Waals surface area contributed by atoms with E-state index in [0.717, 1.165) is 6.20 Å². The van der Waals surface area contributed by atoms with E-state index in [1.807, 2.05) is 0 Å². The number of hydrogen-bond acceptors (Lipinski definition) is 4. The van der Waals surface area contributed by atoms with E-state index >= 15 is 0 Å². The van der Waals surface area contributed by atoms with E-state index in [-0.39, 0.29) is 57.8 Å². The van der Waals surface area contributed by atoms with Crippen molar-refractivity contribution < 1.29 is 57.7 Å². The van der Waals surface area contributed by atoms with Crippen LogP contribution in [0.25, 0.3) is 0 Å². The van der Waals surface area contributed by atoms with Gasteiger partial charge < -0.3 is 6.74 Å². The zero-order chi connectivity index (χ0) is 6.57. The molecule has 0 aromatic rings. The van der Waals surface area contributed by atoms with Crippen molar-refractivity contribution in [2.45, 2.75) is 0 Å². The molecule has 0 aliphatic carbocycles. The van der Waals surface area contributed by atoms with Crippen LogP contribution in [0.2, 0.25) is 0 Å². The molecule has 48 valence electrons. The minimum absolute atomic E-state index is 0. The summed E-state index contributed by atoms with van der Waals surface area (Å²) in [7, 11) is 1.56. The minimum Gasteiger partial charge on any atom is -1.00 e. The Morgan fingerprint density at radius 2 is 2.44 bits per heavy atom. The quantitative estimate of drug-likeness (QED) is 0.208. The fraction of sp³-hybridized carbons (Fsp3) is 0.333. The Morgan fingerprint density at radius 3 is 2.56 bits per heavy atom. The first kappa shape index (κ1) is 12.6. The van der Waals surface area contributed by atoms with E-state index in [1.54, 1.807) is 7.05 Å². The summed E-state index contributed by atoms with van der Waals surface area (Å²) in [6.45, 7) is 0. The topological polar surface area (TPSA) is 55.2 Å². The van der Waals surface area contributed by atoms with Crippen molar-refractivity contribution in [1.29, 1.82) is 0 Å². The average molecular weight is 174 g/mol. The molecule has 9 heavy (non-hydrogen) atoms. The average Bonchev–Trinajstić information content (AvgIpc) is 1.65. The number of thiol groups is 1. The molecule has 0 aliphatic rings. The molecule has 0 unspecified atom stereocenters. The summed E-state index contributed by atoms with van der Waals surface area (Å²) in [6.07, 6.45) is 0.781. The van der Waals surface area contributed by atoms with Crippen LogP contribution >= 0.6 is 12.6 Å². The second-order valence-corrected chi connectivity index (χ2v) is 1.53. The number of nitrogens with one attached hydrogen (secondary N) is 1. The predicted molar refractivity (Wildman–Crippen MR) is 34.2 cm³/mol. The first-order valence-corrected chi connectivity index (χ1v) is 2.33. The molecule has 0 spiro atoms. The van der Waals surface area contributed by atoms with Crippen molar-refractivity contribution >= 4 is 12.6 Å². The third-order valence-electron chi connectivity index (χ3n) is 0.484. The molecule has 0 radical (unpaired) electrons.